The van der Waals surface area contributed by atoms with Crippen molar-refractivity contribution in [3.63, 3.8) is 0 Å². The number of hydrogen-bond acceptors (Lipinski definition) is 4. The van der Waals surface area contributed by atoms with Crippen LogP contribution in [-0.2, 0) is 24.2 Å². The van der Waals surface area contributed by atoms with Crippen molar-refractivity contribution in [1.82, 2.24) is 20.3 Å². The zero-order chi connectivity index (χ0) is 20.8. The molecule has 0 saturated carbocycles. The highest BCUT2D eigenvalue weighted by atomic mass is 35.5. The number of nitrogens with one attached hydrogen (secondary N) is 1. The van der Waals surface area contributed by atoms with E-state index in [4.69, 9.17) is 16.1 Å². The zero-order valence-electron chi connectivity index (χ0n) is 16.8. The highest BCUT2D eigenvalue weighted by molar-refractivity contribution is 6.30. The van der Waals surface area contributed by atoms with Gasteiger partial charge in [0.1, 0.15) is 5.69 Å². The molecule has 1 N–H and O–H groups in total. The van der Waals surface area contributed by atoms with Crippen molar-refractivity contribution in [3.05, 3.63) is 69.5 Å². The molecule has 1 amide bonds. The third-order valence-corrected chi connectivity index (χ3v) is 5.96. The number of aromatic nitrogens is 3. The number of H-pyrrole nitrogens is 1. The molecule has 0 fully saturated rings. The lowest BCUT2D eigenvalue weighted by Gasteiger charge is -2.27. The first-order valence-electron chi connectivity index (χ1n) is 9.95. The number of fused-ring (bicyclic) bond motifs is 2. The molecule has 0 saturated heterocycles. The second-order valence-electron chi connectivity index (χ2n) is 7.86. The third-order valence-electron chi connectivity index (χ3n) is 5.71. The van der Waals surface area contributed by atoms with E-state index < -0.39 is 0 Å². The summed E-state index contributed by atoms with van der Waals surface area (Å²) in [6.07, 6.45) is 0.972. The van der Waals surface area contributed by atoms with Crippen molar-refractivity contribution in [2.75, 3.05) is 6.54 Å². The van der Waals surface area contributed by atoms with Crippen LogP contribution in [0.3, 0.4) is 0 Å². The molecule has 1 aliphatic heterocycles. The minimum atomic E-state index is 0.0408. The Kier molecular flexibility index (Phi) is 4.59. The molecule has 7 heteroatoms. The number of aryl methyl sites for hydroxylation is 2. The number of hydrogen-bond donors (Lipinski definition) is 1. The van der Waals surface area contributed by atoms with E-state index in [9.17, 15) is 4.79 Å². The lowest BCUT2D eigenvalue weighted by atomic mass is 10.00. The predicted molar refractivity (Wildman–Crippen MR) is 115 cm³/mol. The van der Waals surface area contributed by atoms with Gasteiger partial charge in [0.05, 0.1) is 12.1 Å². The van der Waals surface area contributed by atoms with Gasteiger partial charge in [-0.1, -0.05) is 35.0 Å². The van der Waals surface area contributed by atoms with Gasteiger partial charge in [0, 0.05) is 46.7 Å². The molecule has 0 atom stereocenters. The summed E-state index contributed by atoms with van der Waals surface area (Å²) < 4.78 is 5.48. The Morgan fingerprint density at radius 2 is 2.03 bits per heavy atom. The number of nitrogens with zero attached hydrogens (tertiary/aromatic N) is 3. The van der Waals surface area contributed by atoms with Gasteiger partial charge in [-0.05, 0) is 43.2 Å². The summed E-state index contributed by atoms with van der Waals surface area (Å²) in [6, 6.07) is 11.6. The molecule has 0 spiro atoms. The SMILES string of the molecule is Cc1cc(C)c2c(CC(=O)N3CCc4[nH]nc(-c5ccc(Cl)cc5)c4C3)noc2c1. The Hall–Kier alpha value is -3.12. The molecule has 6 nitrogen and oxygen atoms in total. The minimum absolute atomic E-state index is 0.0408. The standard InChI is InChI=1S/C23H21ClN4O2/c1-13-9-14(2)22-19(27-30-20(22)10-13)11-21(29)28-8-7-18-17(12-28)23(26-25-18)15-3-5-16(24)6-4-15/h3-6,9-10H,7-8,11-12H2,1-2H3,(H,25,26). The lowest BCUT2D eigenvalue weighted by molar-refractivity contribution is -0.131. The summed E-state index contributed by atoms with van der Waals surface area (Å²) in [5.41, 5.74) is 7.63. The van der Waals surface area contributed by atoms with E-state index >= 15 is 0 Å². The maximum absolute atomic E-state index is 13.1. The van der Waals surface area contributed by atoms with E-state index in [-0.39, 0.29) is 12.3 Å². The normalized spacial score (nSPS) is 13.6. The Labute approximate surface area is 178 Å². The quantitative estimate of drug-likeness (QED) is 0.525. The van der Waals surface area contributed by atoms with Crippen LogP contribution in [0, 0.1) is 13.8 Å². The lowest BCUT2D eigenvalue weighted by Crippen LogP contribution is -2.37. The van der Waals surface area contributed by atoms with E-state index in [2.05, 4.69) is 21.4 Å². The van der Waals surface area contributed by atoms with Crippen LogP contribution in [0.25, 0.3) is 22.2 Å². The molecule has 0 unspecified atom stereocenters. The Morgan fingerprint density at radius 3 is 2.83 bits per heavy atom. The first-order valence-corrected chi connectivity index (χ1v) is 10.3. The maximum atomic E-state index is 13.1. The number of benzene rings is 2. The van der Waals surface area contributed by atoms with Gasteiger partial charge in [-0.2, -0.15) is 5.10 Å². The third kappa shape index (κ3) is 3.27. The highest BCUT2D eigenvalue weighted by Crippen LogP contribution is 2.30. The summed E-state index contributed by atoms with van der Waals surface area (Å²) in [5, 5.41) is 13.4. The first-order chi connectivity index (χ1) is 14.5. The number of carbonyl (C=O) groups is 1. The Bertz CT molecular complexity index is 1260. The molecule has 5 rings (SSSR count). The number of halogens is 1. The Balaban J connectivity index is 1.39. The van der Waals surface area contributed by atoms with Gasteiger partial charge in [-0.15, -0.1) is 0 Å². The molecule has 30 heavy (non-hydrogen) atoms. The van der Waals surface area contributed by atoms with Crippen LogP contribution in [0.1, 0.15) is 28.1 Å². The van der Waals surface area contributed by atoms with Crippen LogP contribution in [0.2, 0.25) is 5.02 Å². The summed E-state index contributed by atoms with van der Waals surface area (Å²) in [5.74, 6) is 0.0408. The highest BCUT2D eigenvalue weighted by Gasteiger charge is 2.27. The second kappa shape index (κ2) is 7.29. The van der Waals surface area contributed by atoms with Crippen LogP contribution in [0.5, 0.6) is 0 Å². The fourth-order valence-electron chi connectivity index (χ4n) is 4.25. The largest absolute Gasteiger partial charge is 0.356 e. The second-order valence-corrected chi connectivity index (χ2v) is 8.30. The number of rotatable bonds is 3. The van der Waals surface area contributed by atoms with E-state index in [0.717, 1.165) is 51.0 Å². The molecule has 0 aliphatic carbocycles. The van der Waals surface area contributed by atoms with Crippen molar-refractivity contribution >= 4 is 28.5 Å². The summed E-state index contributed by atoms with van der Waals surface area (Å²) in [7, 11) is 0. The molecule has 4 aromatic rings. The molecule has 2 aromatic carbocycles. The molecule has 3 heterocycles. The Morgan fingerprint density at radius 1 is 1.23 bits per heavy atom. The molecular weight excluding hydrogens is 400 g/mol. The van der Waals surface area contributed by atoms with Gasteiger partial charge in [0.2, 0.25) is 5.91 Å². The van der Waals surface area contributed by atoms with E-state index in [1.165, 1.54) is 0 Å². The van der Waals surface area contributed by atoms with Crippen LogP contribution in [0.15, 0.2) is 40.9 Å². The van der Waals surface area contributed by atoms with E-state index in [1.54, 1.807) is 0 Å². The van der Waals surface area contributed by atoms with Crippen LogP contribution in [-0.4, -0.2) is 32.7 Å². The summed E-state index contributed by atoms with van der Waals surface area (Å²) in [4.78, 5) is 15.0. The molecular formula is C23H21ClN4O2. The molecule has 0 bridgehead atoms. The van der Waals surface area contributed by atoms with Gasteiger partial charge in [0.15, 0.2) is 5.58 Å². The van der Waals surface area contributed by atoms with Crippen molar-refractivity contribution in [2.45, 2.75) is 33.2 Å². The first kappa shape index (κ1) is 18.9. The molecule has 1 aliphatic rings. The maximum Gasteiger partial charge on any atom is 0.229 e. The van der Waals surface area contributed by atoms with Crippen molar-refractivity contribution in [1.29, 1.82) is 0 Å². The molecule has 152 valence electrons. The average Bonchev–Trinajstić information content (AvgIpc) is 3.32. The van der Waals surface area contributed by atoms with Crippen molar-refractivity contribution in [3.8, 4) is 11.3 Å². The fraction of sp³-hybridized carbons (Fsp3) is 0.261. The van der Waals surface area contributed by atoms with E-state index in [0.29, 0.717) is 23.8 Å². The van der Waals surface area contributed by atoms with Gasteiger partial charge in [-0.25, -0.2) is 0 Å². The minimum Gasteiger partial charge on any atom is -0.356 e. The van der Waals surface area contributed by atoms with Gasteiger partial charge >= 0.3 is 0 Å². The van der Waals surface area contributed by atoms with Crippen LogP contribution >= 0.6 is 11.6 Å². The molecule has 0 radical (unpaired) electrons. The fourth-order valence-corrected chi connectivity index (χ4v) is 4.38. The summed E-state index contributed by atoms with van der Waals surface area (Å²) in [6.45, 7) is 5.23. The monoisotopic (exact) mass is 420 g/mol. The van der Waals surface area contributed by atoms with Gasteiger partial charge in [0.25, 0.3) is 0 Å². The number of aromatic amines is 1. The van der Waals surface area contributed by atoms with Crippen molar-refractivity contribution in [2.24, 2.45) is 0 Å². The van der Waals surface area contributed by atoms with Crippen LogP contribution < -0.4 is 0 Å². The summed E-state index contributed by atoms with van der Waals surface area (Å²) >= 11 is 6.02. The average molecular weight is 421 g/mol. The number of carbonyl (C=O) groups excluding carboxylic acids is 1. The molecule has 2 aromatic heterocycles. The van der Waals surface area contributed by atoms with Gasteiger partial charge < -0.3 is 9.42 Å². The topological polar surface area (TPSA) is 75.0 Å². The predicted octanol–water partition coefficient (Wildman–Crippen LogP) is 4.62. The van der Waals surface area contributed by atoms with E-state index in [1.807, 2.05) is 49.1 Å². The number of amides is 1. The smallest absolute Gasteiger partial charge is 0.229 e. The van der Waals surface area contributed by atoms with Crippen molar-refractivity contribution < 1.29 is 9.32 Å². The zero-order valence-corrected chi connectivity index (χ0v) is 17.6. The van der Waals surface area contributed by atoms with Crippen LogP contribution in [0.4, 0.5) is 0 Å². The van der Waals surface area contributed by atoms with Gasteiger partial charge in [-0.3, -0.25) is 9.89 Å².